The van der Waals surface area contributed by atoms with Crippen LogP contribution in [0.2, 0.25) is 0 Å². The van der Waals surface area contributed by atoms with Gasteiger partial charge in [0.05, 0.1) is 0 Å². The molecule has 0 aliphatic carbocycles. The molecule has 6 heteroatoms. The Labute approximate surface area is 94.4 Å². The number of piperazine rings is 1. The maximum atomic E-state index is 12.1. The van der Waals surface area contributed by atoms with Crippen molar-refractivity contribution < 1.29 is 4.79 Å². The van der Waals surface area contributed by atoms with Crippen LogP contribution in [-0.2, 0) is 6.42 Å². The number of hydrogen-bond acceptors (Lipinski definition) is 4. The van der Waals surface area contributed by atoms with Crippen LogP contribution in [0, 0.1) is 0 Å². The van der Waals surface area contributed by atoms with Gasteiger partial charge in [0, 0.05) is 32.1 Å². The van der Waals surface area contributed by atoms with E-state index in [1.165, 1.54) is 0 Å². The van der Waals surface area contributed by atoms with Crippen molar-refractivity contribution in [1.82, 2.24) is 25.4 Å². The zero-order chi connectivity index (χ0) is 11.5. The minimum absolute atomic E-state index is 0.0787. The van der Waals surface area contributed by atoms with Gasteiger partial charge in [-0.3, -0.25) is 9.89 Å². The smallest absolute Gasteiger partial charge is 0.293 e. The van der Waals surface area contributed by atoms with Crippen molar-refractivity contribution in [2.45, 2.75) is 26.3 Å². The fourth-order valence-corrected chi connectivity index (χ4v) is 1.82. The third-order valence-electron chi connectivity index (χ3n) is 2.82. The van der Waals surface area contributed by atoms with Gasteiger partial charge in [-0.15, -0.1) is 5.10 Å². The summed E-state index contributed by atoms with van der Waals surface area (Å²) in [6, 6.07) is 0.199. The molecule has 0 bridgehead atoms. The Balaban J connectivity index is 2.11. The lowest BCUT2D eigenvalue weighted by Crippen LogP contribution is -2.52. The molecule has 1 aromatic heterocycles. The zero-order valence-corrected chi connectivity index (χ0v) is 9.66. The van der Waals surface area contributed by atoms with E-state index in [2.05, 4.69) is 20.5 Å². The maximum Gasteiger partial charge on any atom is 0.293 e. The fourth-order valence-electron chi connectivity index (χ4n) is 1.82. The predicted molar refractivity (Wildman–Crippen MR) is 59.1 cm³/mol. The second-order valence-corrected chi connectivity index (χ2v) is 4.01. The number of amides is 1. The summed E-state index contributed by atoms with van der Waals surface area (Å²) in [5.41, 5.74) is 0. The van der Waals surface area contributed by atoms with E-state index in [1.54, 1.807) is 0 Å². The van der Waals surface area contributed by atoms with E-state index in [9.17, 15) is 4.79 Å². The monoisotopic (exact) mass is 223 g/mol. The Bertz CT molecular complexity index is 375. The van der Waals surface area contributed by atoms with Crippen molar-refractivity contribution >= 4 is 5.91 Å². The Kier molecular flexibility index (Phi) is 3.19. The lowest BCUT2D eigenvalue weighted by atomic mass is 10.2. The molecule has 2 rings (SSSR count). The zero-order valence-electron chi connectivity index (χ0n) is 9.66. The van der Waals surface area contributed by atoms with E-state index >= 15 is 0 Å². The highest BCUT2D eigenvalue weighted by Crippen LogP contribution is 2.07. The van der Waals surface area contributed by atoms with Gasteiger partial charge in [0.25, 0.3) is 5.91 Å². The molecule has 0 aromatic carbocycles. The van der Waals surface area contributed by atoms with E-state index in [4.69, 9.17) is 0 Å². The largest absolute Gasteiger partial charge is 0.331 e. The molecule has 2 heterocycles. The Hall–Kier alpha value is -1.43. The molecule has 1 saturated heterocycles. The SMILES string of the molecule is CCc1nc(C(=O)N2CCNC[C@H]2C)n[nH]1. The van der Waals surface area contributed by atoms with Crippen molar-refractivity contribution in [3.63, 3.8) is 0 Å². The van der Waals surface area contributed by atoms with Crippen LogP contribution in [0.4, 0.5) is 0 Å². The van der Waals surface area contributed by atoms with Crippen LogP contribution in [-0.4, -0.2) is 51.7 Å². The summed E-state index contributed by atoms with van der Waals surface area (Å²) in [6.07, 6.45) is 0.761. The molecule has 16 heavy (non-hydrogen) atoms. The van der Waals surface area contributed by atoms with Crippen LogP contribution in [0.5, 0.6) is 0 Å². The van der Waals surface area contributed by atoms with Crippen molar-refractivity contribution in [2.24, 2.45) is 0 Å². The molecule has 1 amide bonds. The van der Waals surface area contributed by atoms with Crippen LogP contribution in [0.1, 0.15) is 30.3 Å². The van der Waals surface area contributed by atoms with Crippen LogP contribution < -0.4 is 5.32 Å². The summed E-state index contributed by atoms with van der Waals surface area (Å²) in [5, 5.41) is 9.96. The summed E-state index contributed by atoms with van der Waals surface area (Å²) < 4.78 is 0. The van der Waals surface area contributed by atoms with Crippen molar-refractivity contribution in [2.75, 3.05) is 19.6 Å². The summed E-state index contributed by atoms with van der Waals surface area (Å²) in [5.74, 6) is 0.960. The average molecular weight is 223 g/mol. The van der Waals surface area contributed by atoms with E-state index in [0.717, 1.165) is 31.9 Å². The van der Waals surface area contributed by atoms with Gasteiger partial charge < -0.3 is 10.2 Å². The fraction of sp³-hybridized carbons (Fsp3) is 0.700. The number of aromatic nitrogens is 3. The number of H-pyrrole nitrogens is 1. The van der Waals surface area contributed by atoms with Gasteiger partial charge >= 0.3 is 0 Å². The third kappa shape index (κ3) is 2.06. The molecule has 0 spiro atoms. The molecule has 2 N–H and O–H groups in total. The van der Waals surface area contributed by atoms with Gasteiger partial charge in [0.15, 0.2) is 0 Å². The quantitative estimate of drug-likeness (QED) is 0.728. The lowest BCUT2D eigenvalue weighted by Gasteiger charge is -2.33. The average Bonchev–Trinajstić information content (AvgIpc) is 2.77. The van der Waals surface area contributed by atoms with Crippen molar-refractivity contribution in [1.29, 1.82) is 0 Å². The van der Waals surface area contributed by atoms with Crippen LogP contribution in [0.25, 0.3) is 0 Å². The van der Waals surface area contributed by atoms with Crippen molar-refractivity contribution in [3.05, 3.63) is 11.6 Å². The lowest BCUT2D eigenvalue weighted by molar-refractivity contribution is 0.0643. The van der Waals surface area contributed by atoms with E-state index < -0.39 is 0 Å². The standard InChI is InChI=1S/C10H17N5O/c1-3-8-12-9(14-13-8)10(16)15-5-4-11-6-7(15)2/h7,11H,3-6H2,1-2H3,(H,12,13,14)/t7-/m1/s1. The second-order valence-electron chi connectivity index (χ2n) is 4.01. The minimum atomic E-state index is -0.0787. The Morgan fingerprint density at radius 1 is 1.62 bits per heavy atom. The van der Waals surface area contributed by atoms with Crippen LogP contribution in [0.15, 0.2) is 0 Å². The van der Waals surface area contributed by atoms with E-state index in [1.807, 2.05) is 18.7 Å². The molecule has 6 nitrogen and oxygen atoms in total. The number of aromatic amines is 1. The molecule has 0 saturated carbocycles. The highest BCUT2D eigenvalue weighted by atomic mass is 16.2. The molecule has 0 radical (unpaired) electrons. The number of hydrogen-bond donors (Lipinski definition) is 2. The van der Waals surface area contributed by atoms with Gasteiger partial charge in [-0.05, 0) is 6.92 Å². The van der Waals surface area contributed by atoms with E-state index in [0.29, 0.717) is 0 Å². The number of nitrogens with zero attached hydrogens (tertiary/aromatic N) is 3. The summed E-state index contributed by atoms with van der Waals surface area (Å²) >= 11 is 0. The normalized spacial score (nSPS) is 21.1. The molecular weight excluding hydrogens is 206 g/mol. The number of aryl methyl sites for hydroxylation is 1. The highest BCUT2D eigenvalue weighted by molar-refractivity contribution is 5.90. The first-order valence-corrected chi connectivity index (χ1v) is 5.65. The first-order valence-electron chi connectivity index (χ1n) is 5.65. The number of carbonyl (C=O) groups excluding carboxylic acids is 1. The van der Waals surface area contributed by atoms with Gasteiger partial charge in [-0.25, -0.2) is 4.98 Å². The molecule has 88 valence electrons. The maximum absolute atomic E-state index is 12.1. The minimum Gasteiger partial charge on any atom is -0.331 e. The molecule has 1 fully saturated rings. The van der Waals surface area contributed by atoms with Crippen LogP contribution in [0.3, 0.4) is 0 Å². The molecule has 0 unspecified atom stereocenters. The first-order chi connectivity index (χ1) is 7.72. The summed E-state index contributed by atoms with van der Waals surface area (Å²) in [4.78, 5) is 18.1. The summed E-state index contributed by atoms with van der Waals surface area (Å²) in [6.45, 7) is 6.38. The third-order valence-corrected chi connectivity index (χ3v) is 2.82. The number of rotatable bonds is 2. The topological polar surface area (TPSA) is 73.9 Å². The van der Waals surface area contributed by atoms with Gasteiger partial charge in [0.1, 0.15) is 5.82 Å². The second kappa shape index (κ2) is 4.61. The number of nitrogens with one attached hydrogen (secondary N) is 2. The van der Waals surface area contributed by atoms with Crippen molar-refractivity contribution in [3.8, 4) is 0 Å². The predicted octanol–water partition coefficient (Wildman–Crippen LogP) is -0.199. The van der Waals surface area contributed by atoms with Gasteiger partial charge in [-0.1, -0.05) is 6.92 Å². The molecule has 1 aromatic rings. The molecule has 1 aliphatic heterocycles. The highest BCUT2D eigenvalue weighted by Gasteiger charge is 2.26. The summed E-state index contributed by atoms with van der Waals surface area (Å²) in [7, 11) is 0. The van der Waals surface area contributed by atoms with Gasteiger partial charge in [-0.2, -0.15) is 0 Å². The Morgan fingerprint density at radius 2 is 2.44 bits per heavy atom. The first kappa shape index (κ1) is 11.1. The molecule has 1 aliphatic rings. The Morgan fingerprint density at radius 3 is 3.06 bits per heavy atom. The molecule has 1 atom stereocenters. The van der Waals surface area contributed by atoms with Crippen LogP contribution >= 0.6 is 0 Å². The van der Waals surface area contributed by atoms with E-state index in [-0.39, 0.29) is 17.8 Å². The number of carbonyl (C=O) groups is 1. The van der Waals surface area contributed by atoms with Gasteiger partial charge in [0.2, 0.25) is 5.82 Å². The molecular formula is C10H17N5O.